The molecule has 1 saturated carbocycles. The van der Waals surface area contributed by atoms with Crippen molar-refractivity contribution in [3.05, 3.63) is 58.6 Å². The van der Waals surface area contributed by atoms with E-state index in [2.05, 4.69) is 20.8 Å². The molecule has 0 radical (unpaired) electrons. The first-order chi connectivity index (χ1) is 13.6. The van der Waals surface area contributed by atoms with E-state index in [1.54, 1.807) is 18.2 Å². The van der Waals surface area contributed by atoms with E-state index >= 15 is 0 Å². The zero-order chi connectivity index (χ0) is 19.5. The number of rotatable bonds is 7. The van der Waals surface area contributed by atoms with Gasteiger partial charge in [0, 0.05) is 17.3 Å². The average molecular weight is 380 g/mol. The summed E-state index contributed by atoms with van der Waals surface area (Å²) in [6, 6.07) is 13.4. The van der Waals surface area contributed by atoms with Crippen LogP contribution in [0.15, 0.2) is 48.5 Å². The molecule has 1 amide bonds. The molecule has 0 bridgehead atoms. The van der Waals surface area contributed by atoms with Gasteiger partial charge < -0.3 is 10.1 Å². The molecule has 1 N–H and O–H groups in total. The third-order valence-corrected chi connectivity index (χ3v) is 4.23. The molecule has 28 heavy (non-hydrogen) atoms. The van der Waals surface area contributed by atoms with E-state index in [4.69, 9.17) is 4.74 Å². The molecule has 0 spiro atoms. The van der Waals surface area contributed by atoms with Crippen molar-refractivity contribution in [2.75, 3.05) is 11.9 Å². The number of amides is 1. The molecule has 10 heteroatoms. The maximum Gasteiger partial charge on any atom is 0.310 e. The van der Waals surface area contributed by atoms with E-state index in [-0.39, 0.29) is 18.0 Å². The van der Waals surface area contributed by atoms with Crippen LogP contribution in [0.5, 0.6) is 5.75 Å². The number of aromatic nitrogens is 4. The van der Waals surface area contributed by atoms with Crippen molar-refractivity contribution >= 4 is 17.3 Å². The molecule has 142 valence electrons. The largest absolute Gasteiger partial charge is 0.477 e. The lowest BCUT2D eigenvalue weighted by Gasteiger charge is -2.08. The first-order valence-corrected chi connectivity index (χ1v) is 8.66. The summed E-state index contributed by atoms with van der Waals surface area (Å²) in [5.74, 6) is 0.318. The summed E-state index contributed by atoms with van der Waals surface area (Å²) in [6.45, 7) is -0.341. The number of nitro benzene ring substituents is 1. The number of tetrazole rings is 1. The molecule has 1 fully saturated rings. The van der Waals surface area contributed by atoms with E-state index in [9.17, 15) is 14.9 Å². The van der Waals surface area contributed by atoms with E-state index in [1.165, 1.54) is 18.2 Å². The molecule has 0 unspecified atom stereocenters. The summed E-state index contributed by atoms with van der Waals surface area (Å²) in [5.41, 5.74) is 1.24. The van der Waals surface area contributed by atoms with Crippen LogP contribution in [-0.4, -0.2) is 37.6 Å². The number of hydrogen-bond donors (Lipinski definition) is 1. The zero-order valence-corrected chi connectivity index (χ0v) is 14.7. The van der Waals surface area contributed by atoms with Crippen molar-refractivity contribution in [3.8, 4) is 17.1 Å². The lowest BCUT2D eigenvalue weighted by atomic mass is 10.2. The maximum atomic E-state index is 12.1. The molecule has 10 nitrogen and oxygen atoms in total. The lowest BCUT2D eigenvalue weighted by molar-refractivity contribution is -0.385. The Hall–Kier alpha value is -3.82. The van der Waals surface area contributed by atoms with Crippen LogP contribution in [0.1, 0.15) is 18.9 Å². The molecule has 1 heterocycles. The second kappa shape index (κ2) is 7.43. The van der Waals surface area contributed by atoms with E-state index in [0.717, 1.165) is 18.4 Å². The summed E-state index contributed by atoms with van der Waals surface area (Å²) in [7, 11) is 0. The molecule has 3 aromatic rings. The van der Waals surface area contributed by atoms with Crippen LogP contribution >= 0.6 is 0 Å². The molecule has 0 atom stereocenters. The standard InChI is InChI=1S/C18H16N6O4/c25-17(11-28-16-4-2-1-3-15(16)24(26)27)19-13-7-5-12(6-8-13)18-20-21-22-23(18)14-9-10-14/h1-8,14H,9-11H2,(H,19,25). The van der Waals surface area contributed by atoms with Crippen molar-refractivity contribution in [2.45, 2.75) is 18.9 Å². The van der Waals surface area contributed by atoms with Crippen molar-refractivity contribution in [3.63, 3.8) is 0 Å². The Labute approximate surface area is 159 Å². The average Bonchev–Trinajstić information content (AvgIpc) is 3.44. The maximum absolute atomic E-state index is 12.1. The highest BCUT2D eigenvalue weighted by atomic mass is 16.6. The van der Waals surface area contributed by atoms with Crippen molar-refractivity contribution in [1.29, 1.82) is 0 Å². The molecule has 1 aliphatic rings. The third-order valence-electron chi connectivity index (χ3n) is 4.23. The van der Waals surface area contributed by atoms with Crippen LogP contribution in [0.2, 0.25) is 0 Å². The SMILES string of the molecule is O=C(COc1ccccc1[N+](=O)[O-])Nc1ccc(-c2nnnn2C2CC2)cc1. The minimum Gasteiger partial charge on any atom is -0.477 e. The smallest absolute Gasteiger partial charge is 0.310 e. The number of nitrogens with zero attached hydrogens (tertiary/aromatic N) is 5. The van der Waals surface area contributed by atoms with Gasteiger partial charge in [-0.3, -0.25) is 14.9 Å². The lowest BCUT2D eigenvalue weighted by Crippen LogP contribution is -2.20. The van der Waals surface area contributed by atoms with E-state index < -0.39 is 10.8 Å². The number of nitro groups is 1. The molecule has 1 aliphatic carbocycles. The van der Waals surface area contributed by atoms with E-state index in [1.807, 2.05) is 16.8 Å². The second-order valence-corrected chi connectivity index (χ2v) is 6.32. The molecular weight excluding hydrogens is 364 g/mol. The highest BCUT2D eigenvalue weighted by Gasteiger charge is 2.28. The molecule has 1 aromatic heterocycles. The summed E-state index contributed by atoms with van der Waals surface area (Å²) in [4.78, 5) is 22.5. The Balaban J connectivity index is 1.37. The van der Waals surface area contributed by atoms with Gasteiger partial charge in [0.25, 0.3) is 5.91 Å². The topological polar surface area (TPSA) is 125 Å². The number of ether oxygens (including phenoxy) is 1. The van der Waals surface area contributed by atoms with Gasteiger partial charge in [0.05, 0.1) is 11.0 Å². The Kier molecular flexibility index (Phi) is 4.67. The van der Waals surface area contributed by atoms with Crippen LogP contribution in [0.25, 0.3) is 11.4 Å². The van der Waals surface area contributed by atoms with Gasteiger partial charge in [-0.2, -0.15) is 0 Å². The number of benzene rings is 2. The Bertz CT molecular complexity index is 1010. The number of hydrogen-bond acceptors (Lipinski definition) is 7. The molecule has 0 aliphatic heterocycles. The predicted molar refractivity (Wildman–Crippen MR) is 98.7 cm³/mol. The fourth-order valence-corrected chi connectivity index (χ4v) is 2.72. The van der Waals surface area contributed by atoms with Gasteiger partial charge >= 0.3 is 5.69 Å². The molecule has 2 aromatic carbocycles. The molecule has 4 rings (SSSR count). The van der Waals surface area contributed by atoms with E-state index in [0.29, 0.717) is 17.6 Å². The first-order valence-electron chi connectivity index (χ1n) is 8.66. The van der Waals surface area contributed by atoms with Gasteiger partial charge in [-0.15, -0.1) is 5.10 Å². The minimum absolute atomic E-state index is 0.0462. The molecular formula is C18H16N6O4. The van der Waals surface area contributed by atoms with Gasteiger partial charge in [-0.25, -0.2) is 4.68 Å². The van der Waals surface area contributed by atoms with Crippen LogP contribution in [0.3, 0.4) is 0 Å². The number of carbonyl (C=O) groups is 1. The van der Waals surface area contributed by atoms with Gasteiger partial charge in [-0.05, 0) is 53.6 Å². The highest BCUT2D eigenvalue weighted by Crippen LogP contribution is 2.36. The third kappa shape index (κ3) is 3.80. The number of nitrogens with one attached hydrogen (secondary N) is 1. The first kappa shape index (κ1) is 17.6. The Morgan fingerprint density at radius 1 is 1.21 bits per heavy atom. The molecule has 0 saturated heterocycles. The van der Waals surface area contributed by atoms with Crippen molar-refractivity contribution in [1.82, 2.24) is 20.2 Å². The Morgan fingerprint density at radius 2 is 1.96 bits per heavy atom. The van der Waals surface area contributed by atoms with Crippen molar-refractivity contribution in [2.24, 2.45) is 0 Å². The number of carbonyl (C=O) groups excluding carboxylic acids is 1. The van der Waals surface area contributed by atoms with Gasteiger partial charge in [-0.1, -0.05) is 12.1 Å². The number of anilines is 1. The summed E-state index contributed by atoms with van der Waals surface area (Å²) in [6.07, 6.45) is 2.15. The van der Waals surface area contributed by atoms with Gasteiger partial charge in [0.1, 0.15) is 0 Å². The summed E-state index contributed by atoms with van der Waals surface area (Å²) in [5, 5.41) is 25.5. The minimum atomic E-state index is -0.554. The fourth-order valence-electron chi connectivity index (χ4n) is 2.72. The monoisotopic (exact) mass is 380 g/mol. The zero-order valence-electron chi connectivity index (χ0n) is 14.7. The predicted octanol–water partition coefficient (Wildman–Crippen LogP) is 2.60. The normalized spacial score (nSPS) is 13.1. The van der Waals surface area contributed by atoms with Crippen LogP contribution < -0.4 is 10.1 Å². The van der Waals surface area contributed by atoms with Gasteiger partial charge in [0.15, 0.2) is 18.2 Å². The summed E-state index contributed by atoms with van der Waals surface area (Å²) < 4.78 is 7.09. The van der Waals surface area contributed by atoms with Crippen molar-refractivity contribution < 1.29 is 14.5 Å². The number of para-hydroxylation sites is 2. The second-order valence-electron chi connectivity index (χ2n) is 6.32. The fraction of sp³-hybridized carbons (Fsp3) is 0.222. The highest BCUT2D eigenvalue weighted by molar-refractivity contribution is 5.92. The summed E-state index contributed by atoms with van der Waals surface area (Å²) >= 11 is 0. The van der Waals surface area contributed by atoms with Crippen LogP contribution in [0.4, 0.5) is 11.4 Å². The van der Waals surface area contributed by atoms with Crippen LogP contribution in [-0.2, 0) is 4.79 Å². The van der Waals surface area contributed by atoms with Gasteiger partial charge in [0.2, 0.25) is 0 Å². The Morgan fingerprint density at radius 3 is 2.68 bits per heavy atom. The van der Waals surface area contributed by atoms with Crippen LogP contribution in [0, 0.1) is 10.1 Å². The quantitative estimate of drug-likeness (QED) is 0.493.